The summed E-state index contributed by atoms with van der Waals surface area (Å²) in [6.07, 6.45) is 5.92. The summed E-state index contributed by atoms with van der Waals surface area (Å²) in [6, 6.07) is 0. The zero-order valence-corrected chi connectivity index (χ0v) is 3.35. The molecule has 0 saturated heterocycles. The highest BCUT2D eigenvalue weighted by Crippen LogP contribution is 1.99. The third-order valence-corrected chi connectivity index (χ3v) is 0.737. The Morgan fingerprint density at radius 2 is 2.50 bits per heavy atom. The fourth-order valence-electron chi connectivity index (χ4n) is 0.436. The number of hydrogen-bond donors (Lipinski definition) is 0. The Kier molecular flexibility index (Phi) is 0.675. The minimum absolute atomic E-state index is 0.148. The molecule has 0 fully saturated rings. The second-order valence-electron chi connectivity index (χ2n) is 1.24. The van der Waals surface area contributed by atoms with Gasteiger partial charge in [0.05, 0.1) is 0 Å². The van der Waals surface area contributed by atoms with Gasteiger partial charge in [-0.15, -0.1) is 5.76 Å². The molecule has 1 heteroatoms. The summed E-state index contributed by atoms with van der Waals surface area (Å²) in [7, 11) is 0. The van der Waals surface area contributed by atoms with E-state index in [2.05, 4.69) is 0 Å². The first-order valence-corrected chi connectivity index (χ1v) is 1.93. The number of rotatable bonds is 0. The first-order chi connectivity index (χ1) is 2.89. The molecule has 0 aromatic rings. The molecule has 0 bridgehead atoms. The van der Waals surface area contributed by atoms with Crippen LogP contribution in [0.1, 0.15) is 6.42 Å². The molecule has 32 valence electrons. The predicted molar refractivity (Wildman–Crippen MR) is 21.8 cm³/mol. The van der Waals surface area contributed by atoms with Crippen molar-refractivity contribution in [2.75, 3.05) is 0 Å². The van der Waals surface area contributed by atoms with Gasteiger partial charge in [0.15, 0.2) is 0 Å². The van der Waals surface area contributed by atoms with Gasteiger partial charge in [0.2, 0.25) is 0 Å². The summed E-state index contributed by atoms with van der Waals surface area (Å²) in [4.78, 5) is 0. The molecule has 0 N–H and O–H groups in total. The Morgan fingerprint density at radius 1 is 1.67 bits per heavy atom. The maximum absolute atomic E-state index is 10.1. The van der Waals surface area contributed by atoms with E-state index >= 15 is 0 Å². The average Bonchev–Trinajstić information content (AvgIpc) is 1.86. The van der Waals surface area contributed by atoms with Crippen molar-refractivity contribution in [1.82, 2.24) is 0 Å². The van der Waals surface area contributed by atoms with E-state index in [0.29, 0.717) is 0 Å². The third-order valence-electron chi connectivity index (χ3n) is 0.737. The van der Waals surface area contributed by atoms with E-state index in [-0.39, 0.29) is 5.76 Å². The molecule has 0 aromatic heterocycles. The lowest BCUT2D eigenvalue weighted by atomic mass is 10.5. The molecule has 0 aromatic carbocycles. The van der Waals surface area contributed by atoms with Gasteiger partial charge in [-0.25, -0.2) is 0 Å². The van der Waals surface area contributed by atoms with E-state index in [9.17, 15) is 5.11 Å². The maximum Gasteiger partial charge on any atom is -0.0169 e. The molecular formula is C5H5O-. The molecular weight excluding hydrogens is 76.1 g/mol. The standard InChI is InChI=1S/C5H6O/c6-5-3-1-2-4-5/h1,3-4,6H,2H2/p-1. The van der Waals surface area contributed by atoms with Crippen molar-refractivity contribution in [2.24, 2.45) is 0 Å². The van der Waals surface area contributed by atoms with Crippen molar-refractivity contribution in [3.63, 3.8) is 0 Å². The van der Waals surface area contributed by atoms with Gasteiger partial charge < -0.3 is 5.11 Å². The smallest absolute Gasteiger partial charge is 0.0169 e. The molecule has 1 nitrogen and oxygen atoms in total. The van der Waals surface area contributed by atoms with Crippen molar-refractivity contribution < 1.29 is 5.11 Å². The van der Waals surface area contributed by atoms with Gasteiger partial charge in [0, 0.05) is 0 Å². The van der Waals surface area contributed by atoms with Gasteiger partial charge in [-0.3, -0.25) is 0 Å². The van der Waals surface area contributed by atoms with Crippen molar-refractivity contribution in [1.29, 1.82) is 0 Å². The fraction of sp³-hybridized carbons (Fsp3) is 0.200. The van der Waals surface area contributed by atoms with Gasteiger partial charge in [0.25, 0.3) is 0 Å². The van der Waals surface area contributed by atoms with Crippen LogP contribution in [-0.2, 0) is 0 Å². The molecule has 1 aliphatic rings. The largest absolute Gasteiger partial charge is 0.873 e. The molecule has 0 heterocycles. The van der Waals surface area contributed by atoms with Gasteiger partial charge in [-0.2, -0.15) is 0 Å². The van der Waals surface area contributed by atoms with Crippen molar-refractivity contribution in [3.05, 3.63) is 24.0 Å². The van der Waals surface area contributed by atoms with Crippen LogP contribution in [0.2, 0.25) is 0 Å². The van der Waals surface area contributed by atoms with Crippen LogP contribution < -0.4 is 5.11 Å². The molecule has 0 atom stereocenters. The van der Waals surface area contributed by atoms with Gasteiger partial charge in [0.1, 0.15) is 0 Å². The first-order valence-electron chi connectivity index (χ1n) is 1.93. The summed E-state index contributed by atoms with van der Waals surface area (Å²) in [5.41, 5.74) is 0. The molecule has 0 saturated carbocycles. The minimum Gasteiger partial charge on any atom is -0.873 e. The topological polar surface area (TPSA) is 23.1 Å². The SMILES string of the molecule is [O-]C1=CCC=C1. The van der Waals surface area contributed by atoms with E-state index in [1.54, 1.807) is 12.2 Å². The van der Waals surface area contributed by atoms with Crippen LogP contribution in [0.4, 0.5) is 0 Å². The highest BCUT2D eigenvalue weighted by atomic mass is 16.3. The van der Waals surface area contributed by atoms with Crippen LogP contribution in [-0.4, -0.2) is 0 Å². The zero-order valence-electron chi connectivity index (χ0n) is 3.35. The summed E-state index contributed by atoms with van der Waals surface area (Å²) >= 11 is 0. The molecule has 1 rings (SSSR count). The quantitative estimate of drug-likeness (QED) is 0.408. The highest BCUT2D eigenvalue weighted by Gasteiger charge is 1.78. The minimum atomic E-state index is 0.148. The Labute approximate surface area is 36.6 Å². The predicted octanol–water partition coefficient (Wildman–Crippen LogP) is 0.191. The molecule has 1 aliphatic carbocycles. The van der Waals surface area contributed by atoms with Crippen LogP contribution in [0.15, 0.2) is 24.0 Å². The third kappa shape index (κ3) is 0.432. The second-order valence-corrected chi connectivity index (χ2v) is 1.24. The number of hydrogen-bond acceptors (Lipinski definition) is 1. The average molecular weight is 81.1 g/mol. The molecule has 6 heavy (non-hydrogen) atoms. The van der Waals surface area contributed by atoms with E-state index in [1.165, 1.54) is 0 Å². The number of allylic oxidation sites excluding steroid dienone is 3. The lowest BCUT2D eigenvalue weighted by Crippen LogP contribution is -1.95. The van der Waals surface area contributed by atoms with Gasteiger partial charge in [-0.05, 0) is 6.42 Å². The Hall–Kier alpha value is -0.720. The molecule has 0 spiro atoms. The fourth-order valence-corrected chi connectivity index (χ4v) is 0.436. The normalized spacial score (nSPS) is 18.3. The zero-order chi connectivity index (χ0) is 4.41. The van der Waals surface area contributed by atoms with Crippen LogP contribution in [0, 0.1) is 0 Å². The van der Waals surface area contributed by atoms with Crippen LogP contribution >= 0.6 is 0 Å². The van der Waals surface area contributed by atoms with E-state index < -0.39 is 0 Å². The van der Waals surface area contributed by atoms with E-state index in [4.69, 9.17) is 0 Å². The molecule has 0 aliphatic heterocycles. The van der Waals surface area contributed by atoms with Gasteiger partial charge >= 0.3 is 0 Å². The highest BCUT2D eigenvalue weighted by molar-refractivity contribution is 5.17. The van der Waals surface area contributed by atoms with E-state index in [1.807, 2.05) is 6.08 Å². The lowest BCUT2D eigenvalue weighted by molar-refractivity contribution is -0.294. The van der Waals surface area contributed by atoms with Crippen LogP contribution in [0.3, 0.4) is 0 Å². The monoisotopic (exact) mass is 81.0 g/mol. The Morgan fingerprint density at radius 3 is 2.67 bits per heavy atom. The molecule has 0 radical (unpaired) electrons. The molecule has 0 amide bonds. The van der Waals surface area contributed by atoms with Crippen molar-refractivity contribution in [2.45, 2.75) is 6.42 Å². The summed E-state index contributed by atoms with van der Waals surface area (Å²) in [5, 5.41) is 10.1. The molecule has 0 unspecified atom stereocenters. The van der Waals surface area contributed by atoms with Crippen molar-refractivity contribution in [3.8, 4) is 0 Å². The second kappa shape index (κ2) is 1.17. The van der Waals surface area contributed by atoms with Crippen LogP contribution in [0.25, 0.3) is 0 Å². The van der Waals surface area contributed by atoms with Crippen LogP contribution in [0.5, 0.6) is 0 Å². The van der Waals surface area contributed by atoms with Gasteiger partial charge in [-0.1, -0.05) is 18.2 Å². The Balaban J connectivity index is 2.68. The first kappa shape index (κ1) is 3.47. The Bertz CT molecular complexity index is 97.8. The maximum atomic E-state index is 10.1. The van der Waals surface area contributed by atoms with E-state index in [0.717, 1.165) is 6.42 Å². The summed E-state index contributed by atoms with van der Waals surface area (Å²) < 4.78 is 0. The summed E-state index contributed by atoms with van der Waals surface area (Å²) in [5.74, 6) is 0.148. The summed E-state index contributed by atoms with van der Waals surface area (Å²) in [6.45, 7) is 0. The lowest BCUT2D eigenvalue weighted by Gasteiger charge is -1.95. The van der Waals surface area contributed by atoms with Crippen molar-refractivity contribution >= 4 is 0 Å².